The highest BCUT2D eigenvalue weighted by Gasteiger charge is 2.22. The van der Waals surface area contributed by atoms with Crippen LogP contribution in [0.1, 0.15) is 0 Å². The van der Waals surface area contributed by atoms with Gasteiger partial charge in [0.2, 0.25) is 0 Å². The van der Waals surface area contributed by atoms with Gasteiger partial charge in [0, 0.05) is 43.9 Å². The van der Waals surface area contributed by atoms with Crippen molar-refractivity contribution >= 4 is 43.6 Å². The highest BCUT2D eigenvalue weighted by atomic mass is 15.0. The maximum atomic E-state index is 5.28. The van der Waals surface area contributed by atoms with Crippen LogP contribution in [-0.4, -0.2) is 24.1 Å². The van der Waals surface area contributed by atoms with Gasteiger partial charge in [0.05, 0.1) is 27.8 Å². The summed E-state index contributed by atoms with van der Waals surface area (Å²) < 4.78 is 4.88. The van der Waals surface area contributed by atoms with Crippen molar-refractivity contribution < 1.29 is 0 Å². The first-order valence-electron chi connectivity index (χ1n) is 23.0. The molecular weight excluding hydrogens is 827 g/mol. The van der Waals surface area contributed by atoms with Gasteiger partial charge in [-0.15, -0.1) is 0 Å². The molecule has 0 aliphatic carbocycles. The summed E-state index contributed by atoms with van der Waals surface area (Å²) in [4.78, 5) is 15.6. The van der Waals surface area contributed by atoms with E-state index in [1.54, 1.807) is 0 Å². The summed E-state index contributed by atoms with van der Waals surface area (Å²) in [5, 5.41) is 4.79. The molecule has 0 saturated heterocycles. The van der Waals surface area contributed by atoms with Gasteiger partial charge in [-0.25, -0.2) is 15.0 Å². The fourth-order valence-electron chi connectivity index (χ4n) is 9.96. The number of hydrogen-bond donors (Lipinski definition) is 0. The number of fused-ring (bicyclic) bond motifs is 6. The van der Waals surface area contributed by atoms with Crippen molar-refractivity contribution in [2.75, 3.05) is 0 Å². The monoisotopic (exact) mass is 867 g/mol. The molecule has 0 saturated carbocycles. The topological polar surface area (TPSA) is 48.5 Å². The minimum Gasteiger partial charge on any atom is -0.309 e. The van der Waals surface area contributed by atoms with Gasteiger partial charge in [-0.1, -0.05) is 200 Å². The Balaban J connectivity index is 1.04. The number of hydrogen-bond acceptors (Lipinski definition) is 3. The van der Waals surface area contributed by atoms with E-state index in [2.05, 4.69) is 234 Å². The van der Waals surface area contributed by atoms with Crippen LogP contribution in [0.15, 0.2) is 249 Å². The average molecular weight is 868 g/mol. The molecule has 318 valence electrons. The zero-order valence-electron chi connectivity index (χ0n) is 36.9. The molecule has 0 spiro atoms. The van der Waals surface area contributed by atoms with Crippen LogP contribution in [-0.2, 0) is 0 Å². The molecular formula is C63H41N5. The number of nitrogens with zero attached hydrogens (tertiary/aromatic N) is 5. The molecule has 3 aromatic heterocycles. The molecule has 0 amide bonds. The molecule has 5 nitrogen and oxygen atoms in total. The normalized spacial score (nSPS) is 11.5. The summed E-state index contributed by atoms with van der Waals surface area (Å²) in [6, 6.07) is 88.3. The third-order valence-electron chi connectivity index (χ3n) is 13.2. The third kappa shape index (κ3) is 6.76. The van der Waals surface area contributed by atoms with Crippen LogP contribution in [0.3, 0.4) is 0 Å². The maximum Gasteiger partial charge on any atom is 0.164 e. The van der Waals surface area contributed by atoms with Crippen molar-refractivity contribution in [2.45, 2.75) is 0 Å². The maximum absolute atomic E-state index is 5.28. The van der Waals surface area contributed by atoms with Crippen LogP contribution in [0, 0.1) is 0 Å². The molecule has 10 aromatic carbocycles. The number of aromatic nitrogens is 5. The van der Waals surface area contributed by atoms with E-state index in [0.29, 0.717) is 17.5 Å². The van der Waals surface area contributed by atoms with Gasteiger partial charge in [0.15, 0.2) is 17.5 Å². The Hall–Kier alpha value is -9.19. The van der Waals surface area contributed by atoms with Gasteiger partial charge in [-0.2, -0.15) is 0 Å². The second-order valence-electron chi connectivity index (χ2n) is 17.2. The van der Waals surface area contributed by atoms with Crippen molar-refractivity contribution in [3.63, 3.8) is 0 Å². The summed E-state index contributed by atoms with van der Waals surface area (Å²) in [6.45, 7) is 0. The first kappa shape index (κ1) is 39.2. The third-order valence-corrected chi connectivity index (χ3v) is 13.2. The zero-order chi connectivity index (χ0) is 45.0. The summed E-state index contributed by atoms with van der Waals surface area (Å²) in [5.41, 5.74) is 16.2. The van der Waals surface area contributed by atoms with Crippen LogP contribution in [0.4, 0.5) is 0 Å². The Labute approximate surface area is 393 Å². The highest BCUT2D eigenvalue weighted by molar-refractivity contribution is 6.17. The van der Waals surface area contributed by atoms with E-state index >= 15 is 0 Å². The van der Waals surface area contributed by atoms with Gasteiger partial charge in [-0.05, 0) is 81.9 Å². The second kappa shape index (κ2) is 16.4. The lowest BCUT2D eigenvalue weighted by Crippen LogP contribution is -2.02. The fourth-order valence-corrected chi connectivity index (χ4v) is 9.96. The zero-order valence-corrected chi connectivity index (χ0v) is 36.9. The smallest absolute Gasteiger partial charge is 0.164 e. The van der Waals surface area contributed by atoms with E-state index in [1.165, 1.54) is 43.7 Å². The van der Waals surface area contributed by atoms with E-state index in [1.807, 2.05) is 24.3 Å². The first-order valence-corrected chi connectivity index (χ1v) is 23.0. The van der Waals surface area contributed by atoms with Gasteiger partial charge < -0.3 is 9.13 Å². The molecule has 0 N–H and O–H groups in total. The molecule has 0 radical (unpaired) electrons. The predicted octanol–water partition coefficient (Wildman–Crippen LogP) is 16.1. The molecule has 0 atom stereocenters. The molecule has 13 rings (SSSR count). The highest BCUT2D eigenvalue weighted by Crippen LogP contribution is 2.42. The molecule has 0 unspecified atom stereocenters. The number of para-hydroxylation sites is 2. The second-order valence-corrected chi connectivity index (χ2v) is 17.2. The van der Waals surface area contributed by atoms with Crippen LogP contribution >= 0.6 is 0 Å². The fraction of sp³-hybridized carbons (Fsp3) is 0. The standard InChI is InChI=1S/C63H41N5/c1-5-18-42(19-6-1)45-32-34-47(35-33-45)62-64-61(46-24-11-4-12-25-46)65-63(66-62)50-38-49(44-22-9-3-10-23-44)39-51(40-50)67-56-29-16-14-27-54(56)60-57(67)30-17-31-58(60)68-55-28-15-13-26-52(55)53-37-36-48(41-59(53)68)43-20-7-2-8-21-43/h1-41H. The number of benzene rings is 10. The minimum absolute atomic E-state index is 0.598. The molecule has 0 aliphatic rings. The molecule has 13 aromatic rings. The summed E-state index contributed by atoms with van der Waals surface area (Å²) in [6.07, 6.45) is 0. The van der Waals surface area contributed by atoms with Crippen molar-refractivity contribution in [1.82, 2.24) is 24.1 Å². The van der Waals surface area contributed by atoms with E-state index in [0.717, 1.165) is 61.4 Å². The summed E-state index contributed by atoms with van der Waals surface area (Å²) in [5.74, 6) is 1.83. The molecule has 0 aliphatic heterocycles. The minimum atomic E-state index is 0.598. The Morgan fingerprint density at radius 2 is 0.662 bits per heavy atom. The van der Waals surface area contributed by atoms with Crippen molar-refractivity contribution in [1.29, 1.82) is 0 Å². The van der Waals surface area contributed by atoms with Gasteiger partial charge >= 0.3 is 0 Å². The van der Waals surface area contributed by atoms with E-state index < -0.39 is 0 Å². The van der Waals surface area contributed by atoms with Gasteiger partial charge in [0.1, 0.15) is 0 Å². The lowest BCUT2D eigenvalue weighted by Gasteiger charge is -2.15. The van der Waals surface area contributed by atoms with E-state index in [9.17, 15) is 0 Å². The van der Waals surface area contributed by atoms with Crippen LogP contribution in [0.25, 0.3) is 123 Å². The number of rotatable bonds is 8. The lowest BCUT2D eigenvalue weighted by molar-refractivity contribution is 1.07. The Bertz CT molecular complexity index is 3990. The quantitative estimate of drug-likeness (QED) is 0.153. The van der Waals surface area contributed by atoms with Crippen molar-refractivity contribution in [3.8, 4) is 78.9 Å². The first-order chi connectivity index (χ1) is 33.7. The molecule has 0 fully saturated rings. The SMILES string of the molecule is c1ccc(-c2ccc(-c3nc(-c4ccccc4)nc(-c4cc(-c5ccccc5)cc(-n5c6ccccc6c6c(-n7c8ccccc8c8ccc(-c9ccccc9)cc87)cccc65)c4)n3)cc2)cc1. The Morgan fingerprint density at radius 1 is 0.235 bits per heavy atom. The lowest BCUT2D eigenvalue weighted by atomic mass is 10.0. The summed E-state index contributed by atoms with van der Waals surface area (Å²) >= 11 is 0. The predicted molar refractivity (Wildman–Crippen MR) is 281 cm³/mol. The summed E-state index contributed by atoms with van der Waals surface area (Å²) in [7, 11) is 0. The van der Waals surface area contributed by atoms with Crippen LogP contribution < -0.4 is 0 Å². The molecule has 68 heavy (non-hydrogen) atoms. The van der Waals surface area contributed by atoms with Gasteiger partial charge in [-0.3, -0.25) is 0 Å². The molecule has 0 bridgehead atoms. The van der Waals surface area contributed by atoms with E-state index in [-0.39, 0.29) is 0 Å². The largest absolute Gasteiger partial charge is 0.309 e. The van der Waals surface area contributed by atoms with Crippen LogP contribution in [0.5, 0.6) is 0 Å². The molecule has 3 heterocycles. The van der Waals surface area contributed by atoms with E-state index in [4.69, 9.17) is 15.0 Å². The Kier molecular flexibility index (Phi) is 9.43. The van der Waals surface area contributed by atoms with Crippen molar-refractivity contribution in [3.05, 3.63) is 249 Å². The molecule has 5 heteroatoms. The van der Waals surface area contributed by atoms with Crippen molar-refractivity contribution in [2.24, 2.45) is 0 Å². The average Bonchev–Trinajstić information content (AvgIpc) is 3.94. The van der Waals surface area contributed by atoms with Crippen LogP contribution in [0.2, 0.25) is 0 Å². The van der Waals surface area contributed by atoms with Gasteiger partial charge in [0.25, 0.3) is 0 Å². The Morgan fingerprint density at radius 3 is 1.31 bits per heavy atom.